The van der Waals surface area contributed by atoms with Crippen molar-refractivity contribution in [2.24, 2.45) is 4.99 Å². The molecule has 1 atom stereocenters. The molecule has 1 heterocycles. The van der Waals surface area contributed by atoms with Gasteiger partial charge >= 0.3 is 0 Å². The lowest BCUT2D eigenvalue weighted by Crippen LogP contribution is -2.39. The van der Waals surface area contributed by atoms with Crippen LogP contribution in [0.2, 0.25) is 0 Å². The molecule has 142 valence electrons. The van der Waals surface area contributed by atoms with Gasteiger partial charge in [0.1, 0.15) is 5.75 Å². The first-order chi connectivity index (χ1) is 12.7. The number of thiophene rings is 1. The Kier molecular flexibility index (Phi) is 9.00. The summed E-state index contributed by atoms with van der Waals surface area (Å²) in [5, 5.41) is 8.71. The number of ether oxygens (including phenoxy) is 2. The zero-order chi connectivity index (χ0) is 18.6. The van der Waals surface area contributed by atoms with E-state index in [0.717, 1.165) is 30.4 Å². The van der Waals surface area contributed by atoms with Crippen molar-refractivity contribution in [3.05, 3.63) is 52.2 Å². The van der Waals surface area contributed by atoms with Crippen LogP contribution in [0, 0.1) is 0 Å². The molecular weight excluding hydrogens is 346 g/mol. The molecule has 0 aliphatic heterocycles. The number of hydrogen-bond donors (Lipinski definition) is 2. The van der Waals surface area contributed by atoms with E-state index in [9.17, 15) is 0 Å². The summed E-state index contributed by atoms with van der Waals surface area (Å²) >= 11 is 1.78. The van der Waals surface area contributed by atoms with Gasteiger partial charge in [-0.2, -0.15) is 0 Å². The predicted molar refractivity (Wildman–Crippen MR) is 109 cm³/mol. The van der Waals surface area contributed by atoms with Crippen LogP contribution in [0.5, 0.6) is 5.75 Å². The Morgan fingerprint density at radius 3 is 2.77 bits per heavy atom. The summed E-state index contributed by atoms with van der Waals surface area (Å²) in [6.45, 7) is 7.71. The zero-order valence-corrected chi connectivity index (χ0v) is 16.6. The Hall–Kier alpha value is -2.05. The Balaban J connectivity index is 1.73. The van der Waals surface area contributed by atoms with Crippen molar-refractivity contribution in [2.45, 2.75) is 26.4 Å². The van der Waals surface area contributed by atoms with Crippen molar-refractivity contribution < 1.29 is 9.47 Å². The van der Waals surface area contributed by atoms with Gasteiger partial charge in [0.05, 0.1) is 26.9 Å². The highest BCUT2D eigenvalue weighted by atomic mass is 32.1. The number of guanidine groups is 1. The van der Waals surface area contributed by atoms with E-state index in [4.69, 9.17) is 9.47 Å². The van der Waals surface area contributed by atoms with Gasteiger partial charge in [0.25, 0.3) is 0 Å². The highest BCUT2D eigenvalue weighted by Gasteiger charge is 2.06. The van der Waals surface area contributed by atoms with Gasteiger partial charge in [0, 0.05) is 29.4 Å². The van der Waals surface area contributed by atoms with Crippen molar-refractivity contribution in [3.63, 3.8) is 0 Å². The molecule has 26 heavy (non-hydrogen) atoms. The third kappa shape index (κ3) is 6.69. The van der Waals surface area contributed by atoms with Gasteiger partial charge in [0.2, 0.25) is 0 Å². The lowest BCUT2D eigenvalue weighted by molar-refractivity contribution is 0.123. The molecule has 6 heteroatoms. The standard InChI is InChI=1S/C20H29N3O2S/c1-4-21-20(23-14-16(2)19-10-7-13-26-19)22-11-12-25-15-17-8-5-6-9-18(17)24-3/h5-10,13,16H,4,11-12,14-15H2,1-3H3,(H2,21,22,23). The maximum Gasteiger partial charge on any atom is 0.191 e. The summed E-state index contributed by atoms with van der Waals surface area (Å²) in [6.07, 6.45) is 0. The number of benzene rings is 1. The molecular formula is C20H29N3O2S. The van der Waals surface area contributed by atoms with Gasteiger partial charge in [0.15, 0.2) is 5.96 Å². The number of hydrogen-bond acceptors (Lipinski definition) is 4. The van der Waals surface area contributed by atoms with Gasteiger partial charge < -0.3 is 20.1 Å². The van der Waals surface area contributed by atoms with Crippen molar-refractivity contribution in [1.82, 2.24) is 10.6 Å². The quantitative estimate of drug-likeness (QED) is 0.378. The molecule has 0 saturated heterocycles. The van der Waals surface area contributed by atoms with E-state index in [-0.39, 0.29) is 0 Å². The second-order valence-corrected chi connectivity index (χ2v) is 6.91. The summed E-state index contributed by atoms with van der Waals surface area (Å²) in [4.78, 5) is 6.04. The second kappa shape index (κ2) is 11.5. The van der Waals surface area contributed by atoms with Gasteiger partial charge in [-0.1, -0.05) is 31.2 Å². The van der Waals surface area contributed by atoms with Crippen LogP contribution in [0.3, 0.4) is 0 Å². The molecule has 1 aromatic heterocycles. The zero-order valence-electron chi connectivity index (χ0n) is 15.8. The minimum Gasteiger partial charge on any atom is -0.496 e. The number of para-hydroxylation sites is 1. The molecule has 0 fully saturated rings. The Morgan fingerprint density at radius 2 is 2.04 bits per heavy atom. The minimum absolute atomic E-state index is 0.423. The topological polar surface area (TPSA) is 54.9 Å². The van der Waals surface area contributed by atoms with Gasteiger partial charge in [-0.15, -0.1) is 11.3 Å². The largest absolute Gasteiger partial charge is 0.496 e. The fourth-order valence-corrected chi connectivity index (χ4v) is 3.26. The SMILES string of the molecule is CCNC(=NCC(C)c1cccs1)NCCOCc1ccccc1OC. The molecule has 1 aromatic carbocycles. The van der Waals surface area contributed by atoms with Crippen molar-refractivity contribution >= 4 is 17.3 Å². The van der Waals surface area contributed by atoms with E-state index in [1.165, 1.54) is 4.88 Å². The van der Waals surface area contributed by atoms with Crippen molar-refractivity contribution in [3.8, 4) is 5.75 Å². The number of nitrogens with one attached hydrogen (secondary N) is 2. The molecule has 0 aliphatic rings. The van der Waals surface area contributed by atoms with Crippen LogP contribution in [0.1, 0.15) is 30.2 Å². The Bertz CT molecular complexity index is 659. The molecule has 0 saturated carbocycles. The van der Waals surface area contributed by atoms with E-state index >= 15 is 0 Å². The number of methoxy groups -OCH3 is 1. The smallest absolute Gasteiger partial charge is 0.191 e. The first-order valence-electron chi connectivity index (χ1n) is 8.99. The van der Waals surface area contributed by atoms with Crippen molar-refractivity contribution in [2.75, 3.05) is 33.4 Å². The molecule has 2 aromatic rings. The average molecular weight is 376 g/mol. The summed E-state index contributed by atoms with van der Waals surface area (Å²) in [6, 6.07) is 12.2. The summed E-state index contributed by atoms with van der Waals surface area (Å²) in [5.41, 5.74) is 1.06. The van der Waals surface area contributed by atoms with E-state index in [1.807, 2.05) is 24.3 Å². The van der Waals surface area contributed by atoms with Gasteiger partial charge in [-0.05, 0) is 24.4 Å². The van der Waals surface area contributed by atoms with Gasteiger partial charge in [-0.25, -0.2) is 0 Å². The highest BCUT2D eigenvalue weighted by Crippen LogP contribution is 2.20. The normalized spacial score (nSPS) is 12.7. The fourth-order valence-electron chi connectivity index (χ4n) is 2.48. The highest BCUT2D eigenvalue weighted by molar-refractivity contribution is 7.10. The third-order valence-electron chi connectivity index (χ3n) is 3.89. The van der Waals surface area contributed by atoms with Crippen LogP contribution in [0.4, 0.5) is 0 Å². The van der Waals surface area contributed by atoms with E-state index in [0.29, 0.717) is 25.7 Å². The van der Waals surface area contributed by atoms with Gasteiger partial charge in [-0.3, -0.25) is 4.99 Å². The maximum atomic E-state index is 5.75. The Morgan fingerprint density at radius 1 is 1.19 bits per heavy atom. The molecule has 0 aliphatic carbocycles. The molecule has 0 radical (unpaired) electrons. The van der Waals surface area contributed by atoms with E-state index in [1.54, 1.807) is 18.4 Å². The molecule has 0 amide bonds. The van der Waals surface area contributed by atoms with Crippen molar-refractivity contribution in [1.29, 1.82) is 0 Å². The first kappa shape index (κ1) is 20.3. The molecule has 1 unspecified atom stereocenters. The average Bonchev–Trinajstić information content (AvgIpc) is 3.20. The molecule has 5 nitrogen and oxygen atoms in total. The van der Waals surface area contributed by atoms with E-state index in [2.05, 4.69) is 47.0 Å². The second-order valence-electron chi connectivity index (χ2n) is 5.93. The molecule has 0 spiro atoms. The van der Waals surface area contributed by atoms with Crippen LogP contribution in [-0.4, -0.2) is 39.3 Å². The summed E-state index contributed by atoms with van der Waals surface area (Å²) < 4.78 is 11.1. The summed E-state index contributed by atoms with van der Waals surface area (Å²) in [7, 11) is 1.68. The van der Waals surface area contributed by atoms with Crippen LogP contribution < -0.4 is 15.4 Å². The number of rotatable bonds is 10. The van der Waals surface area contributed by atoms with Crippen LogP contribution >= 0.6 is 11.3 Å². The molecule has 2 N–H and O–H groups in total. The lowest BCUT2D eigenvalue weighted by Gasteiger charge is -2.13. The first-order valence-corrected chi connectivity index (χ1v) is 9.87. The van der Waals surface area contributed by atoms with Crippen LogP contribution in [0.15, 0.2) is 46.8 Å². The summed E-state index contributed by atoms with van der Waals surface area (Å²) in [5.74, 6) is 2.11. The molecule has 0 bridgehead atoms. The predicted octanol–water partition coefficient (Wildman–Crippen LogP) is 3.63. The number of nitrogens with zero attached hydrogens (tertiary/aromatic N) is 1. The minimum atomic E-state index is 0.423. The van der Waals surface area contributed by atoms with E-state index < -0.39 is 0 Å². The van der Waals surface area contributed by atoms with Crippen LogP contribution in [0.25, 0.3) is 0 Å². The monoisotopic (exact) mass is 375 g/mol. The third-order valence-corrected chi connectivity index (χ3v) is 4.99. The fraction of sp³-hybridized carbons (Fsp3) is 0.450. The number of aliphatic imine (C=N–C) groups is 1. The molecule has 2 rings (SSSR count). The van der Waals surface area contributed by atoms with Crippen LogP contribution in [-0.2, 0) is 11.3 Å². The lowest BCUT2D eigenvalue weighted by atomic mass is 10.1. The Labute approximate surface area is 160 Å². The maximum absolute atomic E-state index is 5.75.